The Morgan fingerprint density at radius 1 is 1.32 bits per heavy atom. The fourth-order valence-corrected chi connectivity index (χ4v) is 5.63. The smallest absolute Gasteiger partial charge is 0.265 e. The van der Waals surface area contributed by atoms with Crippen molar-refractivity contribution in [1.29, 1.82) is 0 Å². The van der Waals surface area contributed by atoms with Crippen molar-refractivity contribution in [2.24, 2.45) is 10.6 Å². The van der Waals surface area contributed by atoms with Crippen LogP contribution < -0.4 is 5.14 Å². The molecule has 2 N–H and O–H groups in total. The van der Waals surface area contributed by atoms with Crippen LogP contribution in [0.25, 0.3) is 0 Å². The molecule has 0 radical (unpaired) electrons. The van der Waals surface area contributed by atoms with Gasteiger partial charge in [0.25, 0.3) is 5.91 Å². The molecule has 0 bridgehead atoms. The summed E-state index contributed by atoms with van der Waals surface area (Å²) in [5.41, 5.74) is 0.168. The highest BCUT2D eigenvalue weighted by atomic mass is 32.2. The van der Waals surface area contributed by atoms with Crippen molar-refractivity contribution in [1.82, 2.24) is 9.80 Å². The zero-order valence-corrected chi connectivity index (χ0v) is 14.3. The molecule has 1 amide bonds. The van der Waals surface area contributed by atoms with Gasteiger partial charge in [-0.2, -0.15) is 0 Å². The lowest BCUT2D eigenvalue weighted by molar-refractivity contribution is 0.0536. The fraction of sp³-hybridized carbons (Fsp3) is 0.643. The van der Waals surface area contributed by atoms with Crippen molar-refractivity contribution in [3.8, 4) is 0 Å². The Morgan fingerprint density at radius 3 is 2.73 bits per heavy atom. The first-order valence-electron chi connectivity index (χ1n) is 7.39. The maximum Gasteiger partial charge on any atom is 0.265 e. The lowest BCUT2D eigenvalue weighted by atomic mass is 9.79. The first kappa shape index (κ1) is 15.9. The van der Waals surface area contributed by atoms with E-state index in [2.05, 4.69) is 11.9 Å². The van der Waals surface area contributed by atoms with Crippen molar-refractivity contribution in [3.63, 3.8) is 0 Å². The molecule has 8 heteroatoms. The Balaban J connectivity index is 1.83. The minimum atomic E-state index is -3.86. The van der Waals surface area contributed by atoms with Gasteiger partial charge in [-0.3, -0.25) is 4.79 Å². The Labute approximate surface area is 134 Å². The van der Waals surface area contributed by atoms with Crippen LogP contribution in [0.4, 0.5) is 0 Å². The third-order valence-electron chi connectivity index (χ3n) is 4.71. The number of carbonyl (C=O) groups excluding carboxylic acids is 1. The summed E-state index contributed by atoms with van der Waals surface area (Å²) in [6.07, 6.45) is 3.20. The van der Waals surface area contributed by atoms with Crippen LogP contribution in [0.2, 0.25) is 0 Å². The minimum Gasteiger partial charge on any atom is -0.337 e. The van der Waals surface area contributed by atoms with Gasteiger partial charge in [-0.15, -0.1) is 11.3 Å². The van der Waals surface area contributed by atoms with Crippen LogP contribution in [0.15, 0.2) is 16.3 Å². The highest BCUT2D eigenvalue weighted by molar-refractivity contribution is 7.89. The van der Waals surface area contributed by atoms with Crippen LogP contribution in [-0.2, 0) is 10.0 Å². The Bertz CT molecular complexity index is 681. The van der Waals surface area contributed by atoms with Crippen molar-refractivity contribution in [2.75, 3.05) is 33.2 Å². The summed E-state index contributed by atoms with van der Waals surface area (Å²) < 4.78 is 23.2. The van der Waals surface area contributed by atoms with E-state index in [9.17, 15) is 13.2 Å². The summed E-state index contributed by atoms with van der Waals surface area (Å²) in [6.45, 7) is 3.46. The topological polar surface area (TPSA) is 83.7 Å². The molecule has 2 aliphatic heterocycles. The normalized spacial score (nSPS) is 26.7. The lowest BCUT2D eigenvalue weighted by Gasteiger charge is -2.40. The molecule has 6 nitrogen and oxygen atoms in total. The van der Waals surface area contributed by atoms with E-state index in [0.717, 1.165) is 43.7 Å². The lowest BCUT2D eigenvalue weighted by Crippen LogP contribution is -2.47. The Kier molecular flexibility index (Phi) is 4.05. The number of nitrogens with zero attached hydrogens (tertiary/aromatic N) is 2. The Morgan fingerprint density at radius 2 is 2.09 bits per heavy atom. The second kappa shape index (κ2) is 5.59. The molecule has 122 valence electrons. The van der Waals surface area contributed by atoms with E-state index < -0.39 is 10.0 Å². The van der Waals surface area contributed by atoms with Gasteiger partial charge in [0.2, 0.25) is 10.0 Å². The predicted molar refractivity (Wildman–Crippen MR) is 85.4 cm³/mol. The molecule has 2 saturated heterocycles. The van der Waals surface area contributed by atoms with Gasteiger partial charge in [0.15, 0.2) is 0 Å². The van der Waals surface area contributed by atoms with E-state index in [1.165, 1.54) is 6.07 Å². The zero-order chi connectivity index (χ0) is 16.0. The van der Waals surface area contributed by atoms with E-state index in [-0.39, 0.29) is 21.1 Å². The van der Waals surface area contributed by atoms with E-state index >= 15 is 0 Å². The third-order valence-corrected chi connectivity index (χ3v) is 6.69. The number of sulfonamides is 1. The SMILES string of the molecule is CN1CC[C@]2(CCCN(C(=O)c3sccc3S(N)(=O)=O)C2)C1. The molecule has 3 heterocycles. The van der Waals surface area contributed by atoms with Gasteiger partial charge in [0, 0.05) is 25.0 Å². The maximum atomic E-state index is 12.8. The van der Waals surface area contributed by atoms with E-state index in [1.807, 2.05) is 4.90 Å². The van der Waals surface area contributed by atoms with E-state index in [0.29, 0.717) is 13.1 Å². The molecule has 1 aromatic rings. The molecule has 1 spiro atoms. The standard InChI is InChI=1S/C14H21N3O3S2/c1-16-7-5-14(9-16)4-2-6-17(10-14)13(18)12-11(3-8-21-12)22(15,19)20/h3,8H,2,4-7,9-10H2,1H3,(H2,15,19,20)/t14-/m1/s1. The average Bonchev–Trinajstić information content (AvgIpc) is 3.05. The molecule has 0 aliphatic carbocycles. The number of amides is 1. The van der Waals surface area contributed by atoms with Crippen molar-refractivity contribution >= 4 is 27.3 Å². The molecule has 0 aromatic carbocycles. The number of nitrogens with two attached hydrogens (primary N) is 1. The number of piperidine rings is 1. The van der Waals surface area contributed by atoms with E-state index in [1.54, 1.807) is 5.38 Å². The van der Waals surface area contributed by atoms with Crippen LogP contribution in [0, 0.1) is 5.41 Å². The molecule has 2 aliphatic rings. The monoisotopic (exact) mass is 343 g/mol. The summed E-state index contributed by atoms with van der Waals surface area (Å²) in [5.74, 6) is -0.201. The second-order valence-corrected chi connectivity index (χ2v) is 8.92. The number of hydrogen-bond acceptors (Lipinski definition) is 5. The molecule has 1 aromatic heterocycles. The quantitative estimate of drug-likeness (QED) is 0.867. The summed E-state index contributed by atoms with van der Waals surface area (Å²) in [7, 11) is -1.75. The van der Waals surface area contributed by atoms with Crippen LogP contribution in [0.5, 0.6) is 0 Å². The number of hydrogen-bond donors (Lipinski definition) is 1. The van der Waals surface area contributed by atoms with Gasteiger partial charge in [-0.1, -0.05) is 0 Å². The number of rotatable bonds is 2. The van der Waals surface area contributed by atoms with Crippen molar-refractivity contribution < 1.29 is 13.2 Å². The minimum absolute atomic E-state index is 0.0503. The van der Waals surface area contributed by atoms with Gasteiger partial charge in [-0.25, -0.2) is 13.6 Å². The molecule has 22 heavy (non-hydrogen) atoms. The maximum absolute atomic E-state index is 12.8. The first-order valence-corrected chi connectivity index (χ1v) is 9.82. The summed E-state index contributed by atoms with van der Waals surface area (Å²) in [5, 5.41) is 6.81. The summed E-state index contributed by atoms with van der Waals surface area (Å²) >= 11 is 1.15. The summed E-state index contributed by atoms with van der Waals surface area (Å²) in [6, 6.07) is 1.41. The highest BCUT2D eigenvalue weighted by Crippen LogP contribution is 2.39. The molecule has 0 unspecified atom stereocenters. The first-order chi connectivity index (χ1) is 10.3. The number of thiophene rings is 1. The highest BCUT2D eigenvalue weighted by Gasteiger charge is 2.42. The van der Waals surface area contributed by atoms with Crippen molar-refractivity contribution in [3.05, 3.63) is 16.3 Å². The second-order valence-electron chi connectivity index (χ2n) is 6.48. The molecule has 3 rings (SSSR count). The number of carbonyl (C=O) groups is 1. The fourth-order valence-electron chi connectivity index (χ4n) is 3.69. The number of likely N-dealkylation sites (tertiary alicyclic amines) is 2. The van der Waals surface area contributed by atoms with Gasteiger partial charge in [0.1, 0.15) is 9.77 Å². The molecular weight excluding hydrogens is 322 g/mol. The third kappa shape index (κ3) is 2.92. The van der Waals surface area contributed by atoms with Crippen LogP contribution >= 0.6 is 11.3 Å². The van der Waals surface area contributed by atoms with Crippen molar-refractivity contribution in [2.45, 2.75) is 24.2 Å². The Hall–Kier alpha value is -0.960. The van der Waals surface area contributed by atoms with Crippen LogP contribution in [0.1, 0.15) is 28.9 Å². The van der Waals surface area contributed by atoms with E-state index in [4.69, 9.17) is 5.14 Å². The van der Waals surface area contributed by atoms with Gasteiger partial charge in [0.05, 0.1) is 0 Å². The van der Waals surface area contributed by atoms with Gasteiger partial charge >= 0.3 is 0 Å². The zero-order valence-electron chi connectivity index (χ0n) is 12.6. The molecule has 1 atom stereocenters. The average molecular weight is 343 g/mol. The predicted octanol–water partition coefficient (Wildman–Crippen LogP) is 0.953. The number of primary sulfonamides is 1. The molecular formula is C14H21N3O3S2. The van der Waals surface area contributed by atoms with Gasteiger partial charge in [-0.05, 0) is 44.3 Å². The van der Waals surface area contributed by atoms with Crippen LogP contribution in [-0.4, -0.2) is 57.4 Å². The van der Waals surface area contributed by atoms with Gasteiger partial charge < -0.3 is 9.80 Å². The molecule has 2 fully saturated rings. The summed E-state index contributed by atoms with van der Waals surface area (Å²) in [4.78, 5) is 17.1. The largest absolute Gasteiger partial charge is 0.337 e. The van der Waals surface area contributed by atoms with Crippen LogP contribution in [0.3, 0.4) is 0 Å². The molecule has 0 saturated carbocycles.